The highest BCUT2D eigenvalue weighted by Gasteiger charge is 2.19. The largest absolute Gasteiger partial charge is 0.497 e. The van der Waals surface area contributed by atoms with Crippen LogP contribution >= 0.6 is 11.8 Å². The lowest BCUT2D eigenvalue weighted by molar-refractivity contribution is -0.115. The number of aromatic nitrogens is 2. The molecule has 0 saturated heterocycles. The van der Waals surface area contributed by atoms with Gasteiger partial charge in [0, 0.05) is 18.8 Å². The number of hydrogen-bond acceptors (Lipinski definition) is 5. The predicted octanol–water partition coefficient (Wildman–Crippen LogP) is 4.21. The molecule has 7 heteroatoms. The maximum atomic E-state index is 12.9. The number of fused-ring (bicyclic) bond motifs is 2. The Balaban J connectivity index is 1.62. The second-order valence-corrected chi connectivity index (χ2v) is 8.26. The van der Waals surface area contributed by atoms with Crippen molar-refractivity contribution in [3.63, 3.8) is 0 Å². The number of nitrogens with one attached hydrogen (secondary N) is 1. The van der Waals surface area contributed by atoms with E-state index in [-0.39, 0.29) is 11.5 Å². The smallest absolute Gasteiger partial charge is 0.261 e. The summed E-state index contributed by atoms with van der Waals surface area (Å²) in [4.78, 5) is 30.2. The molecule has 0 unspecified atom stereocenters. The molecule has 1 heterocycles. The van der Waals surface area contributed by atoms with Crippen LogP contribution in [-0.4, -0.2) is 27.8 Å². The molecule has 0 radical (unpaired) electrons. The van der Waals surface area contributed by atoms with Crippen LogP contribution in [0.15, 0.2) is 70.6 Å². The van der Waals surface area contributed by atoms with Gasteiger partial charge in [0.2, 0.25) is 5.91 Å². The SMILES string of the molecule is COc1cccc(NC(=O)[C@H](C)Sc2nc3cc4ccccc4cc3c(=O)n2C)c1. The van der Waals surface area contributed by atoms with Gasteiger partial charge in [-0.3, -0.25) is 14.2 Å². The quantitative estimate of drug-likeness (QED) is 0.298. The van der Waals surface area contributed by atoms with E-state index < -0.39 is 5.25 Å². The molecule has 1 amide bonds. The van der Waals surface area contributed by atoms with Gasteiger partial charge in [0.15, 0.2) is 5.16 Å². The summed E-state index contributed by atoms with van der Waals surface area (Å²) in [5, 5.41) is 5.50. The zero-order valence-electron chi connectivity index (χ0n) is 16.9. The van der Waals surface area contributed by atoms with Gasteiger partial charge in [-0.25, -0.2) is 4.98 Å². The number of thioether (sulfide) groups is 1. The third-order valence-corrected chi connectivity index (χ3v) is 6.03. The summed E-state index contributed by atoms with van der Waals surface area (Å²) in [6, 6.07) is 18.8. The molecule has 0 fully saturated rings. The van der Waals surface area contributed by atoms with Crippen LogP contribution in [0.25, 0.3) is 21.7 Å². The lowest BCUT2D eigenvalue weighted by atomic mass is 10.1. The van der Waals surface area contributed by atoms with Gasteiger partial charge >= 0.3 is 0 Å². The van der Waals surface area contributed by atoms with Gasteiger partial charge in [-0.2, -0.15) is 0 Å². The van der Waals surface area contributed by atoms with Crippen LogP contribution in [0.5, 0.6) is 5.75 Å². The molecule has 1 aromatic heterocycles. The Morgan fingerprint density at radius 2 is 1.83 bits per heavy atom. The van der Waals surface area contributed by atoms with Crippen LogP contribution in [0.3, 0.4) is 0 Å². The highest BCUT2D eigenvalue weighted by molar-refractivity contribution is 8.00. The van der Waals surface area contributed by atoms with Crippen LogP contribution in [0.4, 0.5) is 5.69 Å². The molecule has 152 valence electrons. The number of hydrogen-bond donors (Lipinski definition) is 1. The average Bonchev–Trinajstić information content (AvgIpc) is 2.76. The first-order valence-corrected chi connectivity index (χ1v) is 10.4. The molecular weight excluding hydrogens is 398 g/mol. The van der Waals surface area contributed by atoms with Crippen LogP contribution in [0.1, 0.15) is 6.92 Å². The van der Waals surface area contributed by atoms with Crippen molar-refractivity contribution in [1.29, 1.82) is 0 Å². The topological polar surface area (TPSA) is 73.2 Å². The molecule has 3 aromatic carbocycles. The van der Waals surface area contributed by atoms with E-state index in [0.29, 0.717) is 27.5 Å². The molecule has 4 aromatic rings. The third-order valence-electron chi connectivity index (χ3n) is 4.89. The molecule has 1 N–H and O–H groups in total. The van der Waals surface area contributed by atoms with Gasteiger partial charge < -0.3 is 10.1 Å². The lowest BCUT2D eigenvalue weighted by Gasteiger charge is -2.14. The Kier molecular flexibility index (Phi) is 5.46. The van der Waals surface area contributed by atoms with Crippen molar-refractivity contribution in [2.24, 2.45) is 7.05 Å². The summed E-state index contributed by atoms with van der Waals surface area (Å²) in [5.74, 6) is 0.486. The van der Waals surface area contributed by atoms with Crippen molar-refractivity contribution < 1.29 is 9.53 Å². The van der Waals surface area contributed by atoms with Crippen molar-refractivity contribution in [1.82, 2.24) is 9.55 Å². The van der Waals surface area contributed by atoms with Crippen LogP contribution in [0.2, 0.25) is 0 Å². The Hall–Kier alpha value is -3.32. The van der Waals surface area contributed by atoms with E-state index >= 15 is 0 Å². The van der Waals surface area contributed by atoms with E-state index in [1.165, 1.54) is 16.3 Å². The molecular formula is C23H21N3O3S. The Bertz CT molecular complexity index is 1320. The number of rotatable bonds is 5. The summed E-state index contributed by atoms with van der Waals surface area (Å²) in [6.45, 7) is 1.79. The first-order chi connectivity index (χ1) is 14.5. The molecule has 0 aliphatic rings. The number of amides is 1. The maximum absolute atomic E-state index is 12.9. The molecule has 1 atom stereocenters. The van der Waals surface area contributed by atoms with Crippen LogP contribution in [-0.2, 0) is 11.8 Å². The second kappa shape index (κ2) is 8.20. The number of ether oxygens (including phenoxy) is 1. The molecule has 0 aliphatic heterocycles. The number of anilines is 1. The number of benzene rings is 3. The zero-order valence-corrected chi connectivity index (χ0v) is 17.7. The highest BCUT2D eigenvalue weighted by atomic mass is 32.2. The second-order valence-electron chi connectivity index (χ2n) is 6.96. The molecule has 6 nitrogen and oxygen atoms in total. The van der Waals surface area contributed by atoms with Crippen molar-refractivity contribution in [2.45, 2.75) is 17.3 Å². The molecule has 4 rings (SSSR count). The summed E-state index contributed by atoms with van der Waals surface area (Å²) in [5.41, 5.74) is 1.15. The van der Waals surface area contributed by atoms with Crippen LogP contribution in [0, 0.1) is 0 Å². The highest BCUT2D eigenvalue weighted by Crippen LogP contribution is 2.26. The first kappa shape index (κ1) is 20.0. The van der Waals surface area contributed by atoms with E-state index in [1.54, 1.807) is 33.2 Å². The van der Waals surface area contributed by atoms with Crippen molar-refractivity contribution >= 4 is 45.0 Å². The third kappa shape index (κ3) is 3.89. The maximum Gasteiger partial charge on any atom is 0.261 e. The van der Waals surface area contributed by atoms with E-state index in [0.717, 1.165) is 10.8 Å². The minimum Gasteiger partial charge on any atom is -0.497 e. The van der Waals surface area contributed by atoms with Gasteiger partial charge in [0.1, 0.15) is 5.75 Å². The molecule has 0 bridgehead atoms. The molecule has 30 heavy (non-hydrogen) atoms. The fourth-order valence-electron chi connectivity index (χ4n) is 3.20. The van der Waals surface area contributed by atoms with Gasteiger partial charge in [-0.15, -0.1) is 0 Å². The fraction of sp³-hybridized carbons (Fsp3) is 0.174. The Morgan fingerprint density at radius 3 is 2.57 bits per heavy atom. The van der Waals surface area contributed by atoms with Gasteiger partial charge in [-0.05, 0) is 42.0 Å². The normalized spacial score (nSPS) is 12.1. The van der Waals surface area contributed by atoms with E-state index in [9.17, 15) is 9.59 Å². The molecule has 0 spiro atoms. The number of carbonyl (C=O) groups excluding carboxylic acids is 1. The Morgan fingerprint density at radius 1 is 1.10 bits per heavy atom. The predicted molar refractivity (Wildman–Crippen MR) is 121 cm³/mol. The number of carbonyl (C=O) groups is 1. The molecule has 0 saturated carbocycles. The standard InChI is InChI=1S/C23H21N3O3S/c1-14(21(27)24-17-9-6-10-18(13-17)29-3)30-23-25-20-12-16-8-5-4-7-15(16)11-19(20)22(28)26(23)2/h4-14H,1-3H3,(H,24,27)/t14-/m0/s1. The van der Waals surface area contributed by atoms with E-state index in [2.05, 4.69) is 10.3 Å². The number of methoxy groups -OCH3 is 1. The monoisotopic (exact) mass is 419 g/mol. The molecule has 0 aliphatic carbocycles. The van der Waals surface area contributed by atoms with Gasteiger partial charge in [0.05, 0.1) is 23.3 Å². The number of nitrogens with zero attached hydrogens (tertiary/aromatic N) is 2. The first-order valence-electron chi connectivity index (χ1n) is 9.47. The summed E-state index contributed by atoms with van der Waals surface area (Å²) >= 11 is 1.25. The summed E-state index contributed by atoms with van der Waals surface area (Å²) in [6.07, 6.45) is 0. The summed E-state index contributed by atoms with van der Waals surface area (Å²) in [7, 11) is 3.26. The Labute approximate surface area is 177 Å². The van der Waals surface area contributed by atoms with Gasteiger partial charge in [-0.1, -0.05) is 42.1 Å². The zero-order chi connectivity index (χ0) is 21.3. The summed E-state index contributed by atoms with van der Waals surface area (Å²) < 4.78 is 6.69. The fourth-order valence-corrected chi connectivity index (χ4v) is 4.07. The lowest BCUT2D eigenvalue weighted by Crippen LogP contribution is -2.25. The van der Waals surface area contributed by atoms with Crippen molar-refractivity contribution in [2.75, 3.05) is 12.4 Å². The van der Waals surface area contributed by atoms with Crippen molar-refractivity contribution in [3.8, 4) is 5.75 Å². The minimum atomic E-state index is -0.452. The average molecular weight is 420 g/mol. The van der Waals surface area contributed by atoms with Gasteiger partial charge in [0.25, 0.3) is 5.56 Å². The van der Waals surface area contributed by atoms with E-state index in [4.69, 9.17) is 4.74 Å². The van der Waals surface area contributed by atoms with Crippen molar-refractivity contribution in [3.05, 3.63) is 71.0 Å². The minimum absolute atomic E-state index is 0.131. The van der Waals surface area contributed by atoms with Crippen LogP contribution < -0.4 is 15.6 Å². The van der Waals surface area contributed by atoms with E-state index in [1.807, 2.05) is 48.5 Å².